The van der Waals surface area contributed by atoms with Crippen molar-refractivity contribution < 1.29 is 17.5 Å². The Morgan fingerprint density at radius 2 is 1.89 bits per heavy atom. The maximum Gasteiger partial charge on any atom is 0.385 e. The third-order valence-electron chi connectivity index (χ3n) is 3.51. The summed E-state index contributed by atoms with van der Waals surface area (Å²) >= 11 is 0. The molecule has 0 saturated carbocycles. The molecule has 1 aromatic rings. The van der Waals surface area contributed by atoms with Gasteiger partial charge in [0, 0.05) is 6.04 Å². The molecule has 1 heterocycles. The van der Waals surface area contributed by atoms with Crippen LogP contribution < -0.4 is 0 Å². The highest BCUT2D eigenvalue weighted by molar-refractivity contribution is 8.50. The van der Waals surface area contributed by atoms with E-state index in [9.17, 15) is 13.0 Å². The smallest absolute Gasteiger partial charge is 0.297 e. The Labute approximate surface area is 113 Å². The quantitative estimate of drug-likeness (QED) is 0.803. The minimum absolute atomic E-state index is 0.192. The zero-order valence-electron chi connectivity index (χ0n) is 11.2. The summed E-state index contributed by atoms with van der Waals surface area (Å²) in [7, 11) is -2.22. The highest BCUT2D eigenvalue weighted by Gasteiger charge is 2.54. The molecule has 3 atom stereocenters. The molecule has 1 saturated heterocycles. The van der Waals surface area contributed by atoms with E-state index < -0.39 is 22.3 Å². The molecule has 0 bridgehead atoms. The van der Waals surface area contributed by atoms with E-state index in [0.717, 1.165) is 5.56 Å². The number of likely N-dealkylation sites (N-methyl/N-ethyl adjacent to an activating group) is 1. The number of benzene rings is 1. The van der Waals surface area contributed by atoms with Crippen molar-refractivity contribution in [3.63, 3.8) is 0 Å². The van der Waals surface area contributed by atoms with Crippen LogP contribution in [-0.4, -0.2) is 31.9 Å². The van der Waals surface area contributed by atoms with Crippen molar-refractivity contribution in [2.45, 2.75) is 26.0 Å². The molecule has 0 N–H and O–H groups in total. The zero-order chi connectivity index (χ0) is 14.3. The first-order valence-corrected chi connectivity index (χ1v) is 9.96. The van der Waals surface area contributed by atoms with Crippen molar-refractivity contribution in [2.75, 3.05) is 12.8 Å². The Balaban J connectivity index is 2.43. The van der Waals surface area contributed by atoms with Gasteiger partial charge in [0.15, 0.2) is 0 Å². The van der Waals surface area contributed by atoms with Crippen LogP contribution in [0.4, 0.5) is 0 Å². The fourth-order valence-corrected chi connectivity index (χ4v) is 7.56. The van der Waals surface area contributed by atoms with Gasteiger partial charge in [-0.05, 0) is 19.5 Å². The third-order valence-corrected chi connectivity index (χ3v) is 10.5. The highest BCUT2D eigenvalue weighted by Crippen LogP contribution is 2.66. The van der Waals surface area contributed by atoms with Gasteiger partial charge >= 0.3 is 6.72 Å². The molecule has 0 radical (unpaired) electrons. The number of rotatable bonds is 3. The van der Waals surface area contributed by atoms with Gasteiger partial charge in [0.1, 0.15) is 6.10 Å². The van der Waals surface area contributed by atoms with Crippen molar-refractivity contribution in [3.8, 4) is 0 Å². The maximum absolute atomic E-state index is 12.7. The summed E-state index contributed by atoms with van der Waals surface area (Å²) in [6.45, 7) is -0.535. The van der Waals surface area contributed by atoms with Gasteiger partial charge in [-0.1, -0.05) is 37.3 Å². The molecular formula is C12H18NO4PS. The number of nitrogens with zero attached hydrogens (tertiary/aromatic N) is 1. The molecule has 0 amide bonds. The van der Waals surface area contributed by atoms with E-state index in [1.54, 1.807) is 7.05 Å². The van der Waals surface area contributed by atoms with Gasteiger partial charge in [-0.25, -0.2) is 13.1 Å². The lowest BCUT2D eigenvalue weighted by atomic mass is 10.0. The van der Waals surface area contributed by atoms with E-state index in [2.05, 4.69) is 0 Å². The molecule has 19 heavy (non-hydrogen) atoms. The minimum atomic E-state index is -3.84. The molecule has 1 aromatic carbocycles. The van der Waals surface area contributed by atoms with Crippen LogP contribution in [0.1, 0.15) is 25.5 Å². The third kappa shape index (κ3) is 2.27. The molecule has 2 rings (SSSR count). The van der Waals surface area contributed by atoms with E-state index >= 15 is 0 Å². The molecule has 1 aliphatic heterocycles. The Bertz CT molecular complexity index is 601. The Kier molecular flexibility index (Phi) is 3.89. The van der Waals surface area contributed by atoms with E-state index in [1.807, 2.05) is 37.3 Å². The van der Waals surface area contributed by atoms with Crippen LogP contribution in [0.3, 0.4) is 0 Å². The maximum atomic E-state index is 12.7. The van der Waals surface area contributed by atoms with Crippen molar-refractivity contribution in [2.24, 2.45) is 0 Å². The molecule has 0 spiro atoms. The predicted molar refractivity (Wildman–Crippen MR) is 74.6 cm³/mol. The Morgan fingerprint density at radius 3 is 2.42 bits per heavy atom. The summed E-state index contributed by atoms with van der Waals surface area (Å²) < 4.78 is 43.6. The molecule has 106 valence electrons. The number of hydrogen-bond donors (Lipinski definition) is 0. The van der Waals surface area contributed by atoms with Crippen LogP contribution >= 0.6 is 6.72 Å². The fourth-order valence-electron chi connectivity index (χ4n) is 2.13. The van der Waals surface area contributed by atoms with E-state index in [0.29, 0.717) is 0 Å². The van der Waals surface area contributed by atoms with E-state index in [1.165, 1.54) is 11.6 Å². The monoisotopic (exact) mass is 303 g/mol. The fraction of sp³-hybridized carbons (Fsp3) is 0.500. The first-order chi connectivity index (χ1) is 8.83. The van der Waals surface area contributed by atoms with Crippen molar-refractivity contribution in [1.29, 1.82) is 0 Å². The predicted octanol–water partition coefficient (Wildman–Crippen LogP) is 2.62. The number of hydrogen-bond acceptors (Lipinski definition) is 4. The molecule has 0 aliphatic carbocycles. The van der Waals surface area contributed by atoms with Gasteiger partial charge in [0.2, 0.25) is 9.46 Å². The van der Waals surface area contributed by atoms with Crippen molar-refractivity contribution in [1.82, 2.24) is 4.67 Å². The summed E-state index contributed by atoms with van der Waals surface area (Å²) in [4.78, 5) is 0. The van der Waals surface area contributed by atoms with Gasteiger partial charge in [-0.15, -0.1) is 0 Å². The molecule has 1 fully saturated rings. The van der Waals surface area contributed by atoms with Gasteiger partial charge in [-0.3, -0.25) is 9.09 Å². The van der Waals surface area contributed by atoms with Crippen molar-refractivity contribution in [3.05, 3.63) is 35.9 Å². The van der Waals surface area contributed by atoms with Gasteiger partial charge < -0.3 is 0 Å². The van der Waals surface area contributed by atoms with E-state index in [-0.39, 0.29) is 11.8 Å². The molecule has 3 unspecified atom stereocenters. The highest BCUT2D eigenvalue weighted by atomic mass is 32.8. The van der Waals surface area contributed by atoms with Crippen LogP contribution in [-0.2, 0) is 18.5 Å². The van der Waals surface area contributed by atoms with Crippen LogP contribution in [0.25, 0.3) is 0 Å². The lowest BCUT2D eigenvalue weighted by Gasteiger charge is -2.19. The Morgan fingerprint density at radius 1 is 1.32 bits per heavy atom. The second-order valence-electron chi connectivity index (χ2n) is 4.59. The van der Waals surface area contributed by atoms with Crippen LogP contribution in [0.2, 0.25) is 0 Å². The second-order valence-corrected chi connectivity index (χ2v) is 11.2. The van der Waals surface area contributed by atoms with E-state index in [4.69, 9.17) is 4.52 Å². The Hall–Kier alpha value is -0.680. The lowest BCUT2D eigenvalue weighted by Crippen LogP contribution is -2.25. The normalized spacial score (nSPS) is 32.6. The van der Waals surface area contributed by atoms with Gasteiger partial charge in [0.05, 0.1) is 5.75 Å². The molecular weight excluding hydrogens is 285 g/mol. The largest absolute Gasteiger partial charge is 0.385 e. The lowest BCUT2D eigenvalue weighted by molar-refractivity contribution is 0.213. The van der Waals surface area contributed by atoms with Crippen molar-refractivity contribution >= 4 is 16.2 Å². The first kappa shape index (κ1) is 14.7. The summed E-state index contributed by atoms with van der Waals surface area (Å²) in [5, 5.41) is 0. The molecule has 0 aromatic heterocycles. The SMILES string of the molecule is CCS(=O)(=O)P1(=O)OC(c2ccccc2)C(C)N1C. The summed E-state index contributed by atoms with van der Waals surface area (Å²) in [5.41, 5.74) is 0.839. The van der Waals surface area contributed by atoms with Crippen LogP contribution in [0.5, 0.6) is 0 Å². The standard InChI is InChI=1S/C12H18NO4PS/c1-4-19(15,16)18(14)13(3)10(2)12(17-18)11-8-6-5-7-9-11/h5-10,12H,4H2,1-3H3. The minimum Gasteiger partial charge on any atom is -0.297 e. The van der Waals surface area contributed by atoms with Crippen LogP contribution in [0.15, 0.2) is 30.3 Å². The average Bonchev–Trinajstić information content (AvgIpc) is 2.66. The van der Waals surface area contributed by atoms with Crippen LogP contribution in [0, 0.1) is 0 Å². The zero-order valence-corrected chi connectivity index (χ0v) is 12.9. The summed E-state index contributed by atoms with van der Waals surface area (Å²) in [6, 6.07) is 9.02. The first-order valence-electron chi connectivity index (χ1n) is 6.13. The van der Waals surface area contributed by atoms with Gasteiger partial charge in [-0.2, -0.15) is 0 Å². The second kappa shape index (κ2) is 5.02. The molecule has 1 aliphatic rings. The average molecular weight is 303 g/mol. The summed E-state index contributed by atoms with van der Waals surface area (Å²) in [6.07, 6.45) is -0.488. The topological polar surface area (TPSA) is 63.7 Å². The molecule has 5 nitrogen and oxygen atoms in total. The summed E-state index contributed by atoms with van der Waals surface area (Å²) in [5.74, 6) is -0.192. The van der Waals surface area contributed by atoms with Gasteiger partial charge in [0.25, 0.3) is 0 Å². The molecule has 7 heteroatoms.